The summed E-state index contributed by atoms with van der Waals surface area (Å²) in [5.74, 6) is 2.15. The van der Waals surface area contributed by atoms with Crippen molar-refractivity contribution < 1.29 is 9.32 Å². The number of carbonyl (C=O) groups is 1. The average molecular weight is 365 g/mol. The van der Waals surface area contributed by atoms with E-state index in [1.807, 2.05) is 53.4 Å². The zero-order valence-corrected chi connectivity index (χ0v) is 15.3. The van der Waals surface area contributed by atoms with Crippen molar-refractivity contribution in [2.75, 3.05) is 10.7 Å². The second kappa shape index (κ2) is 7.33. The lowest BCUT2D eigenvalue weighted by Crippen LogP contribution is -2.37. The second-order valence-electron chi connectivity index (χ2n) is 6.32. The number of thioether (sulfide) groups is 1. The number of hydrogen-bond donors (Lipinski definition) is 0. The minimum absolute atomic E-state index is 0.121. The topological polar surface area (TPSA) is 59.2 Å². The minimum atomic E-state index is 0.121. The standard InChI is InChI=1S/C20H19N3O2S/c1-14-11-16-9-5-6-10-17(16)23(14)19(24)13-26-12-18-21-20(22-25-18)15-7-3-2-4-8-15/h2-10,14H,11-13H2,1H3. The van der Waals surface area contributed by atoms with Gasteiger partial charge in [0.05, 0.1) is 11.5 Å². The minimum Gasteiger partial charge on any atom is -0.338 e. The molecule has 5 nitrogen and oxygen atoms in total. The first-order chi connectivity index (χ1) is 12.7. The molecule has 0 saturated carbocycles. The zero-order valence-electron chi connectivity index (χ0n) is 14.5. The summed E-state index contributed by atoms with van der Waals surface area (Å²) in [6.07, 6.45) is 0.913. The van der Waals surface area contributed by atoms with E-state index >= 15 is 0 Å². The lowest BCUT2D eigenvalue weighted by atomic mass is 10.1. The fourth-order valence-electron chi connectivity index (χ4n) is 3.26. The molecule has 1 amide bonds. The summed E-state index contributed by atoms with van der Waals surface area (Å²) >= 11 is 1.50. The Labute approximate surface area is 156 Å². The van der Waals surface area contributed by atoms with E-state index < -0.39 is 0 Å². The molecule has 0 fully saturated rings. The van der Waals surface area contributed by atoms with Crippen LogP contribution in [0.5, 0.6) is 0 Å². The van der Waals surface area contributed by atoms with Crippen molar-refractivity contribution in [1.29, 1.82) is 0 Å². The first-order valence-corrected chi connectivity index (χ1v) is 9.73. The fourth-order valence-corrected chi connectivity index (χ4v) is 3.97. The van der Waals surface area contributed by atoms with Gasteiger partial charge in [-0.2, -0.15) is 4.98 Å². The maximum absolute atomic E-state index is 12.7. The van der Waals surface area contributed by atoms with Crippen molar-refractivity contribution in [3.63, 3.8) is 0 Å². The SMILES string of the molecule is CC1Cc2ccccc2N1C(=O)CSCc1nc(-c2ccccc2)no1. The summed E-state index contributed by atoms with van der Waals surface area (Å²) in [5, 5.41) is 4.01. The van der Waals surface area contributed by atoms with Gasteiger partial charge in [-0.05, 0) is 25.0 Å². The predicted molar refractivity (Wildman–Crippen MR) is 103 cm³/mol. The molecule has 132 valence electrons. The number of fused-ring (bicyclic) bond motifs is 1. The van der Waals surface area contributed by atoms with E-state index in [0.29, 0.717) is 23.2 Å². The number of aromatic nitrogens is 2. The van der Waals surface area contributed by atoms with Crippen LogP contribution in [0.4, 0.5) is 5.69 Å². The van der Waals surface area contributed by atoms with E-state index in [2.05, 4.69) is 23.1 Å². The van der Waals surface area contributed by atoms with E-state index in [1.165, 1.54) is 17.3 Å². The van der Waals surface area contributed by atoms with Crippen LogP contribution in [0.1, 0.15) is 18.4 Å². The molecule has 0 spiro atoms. The molecule has 1 atom stereocenters. The van der Waals surface area contributed by atoms with Crippen molar-refractivity contribution in [2.45, 2.75) is 25.1 Å². The number of hydrogen-bond acceptors (Lipinski definition) is 5. The van der Waals surface area contributed by atoms with Crippen LogP contribution in [0, 0.1) is 0 Å². The Kier molecular flexibility index (Phi) is 4.75. The van der Waals surface area contributed by atoms with Gasteiger partial charge in [-0.3, -0.25) is 4.79 Å². The van der Waals surface area contributed by atoms with Crippen molar-refractivity contribution >= 4 is 23.4 Å². The van der Waals surface area contributed by atoms with Gasteiger partial charge in [-0.1, -0.05) is 53.7 Å². The number of rotatable bonds is 5. The van der Waals surface area contributed by atoms with Crippen molar-refractivity contribution in [3.05, 3.63) is 66.1 Å². The molecular weight excluding hydrogens is 346 g/mol. The first kappa shape index (κ1) is 16.8. The van der Waals surface area contributed by atoms with Crippen molar-refractivity contribution in [2.24, 2.45) is 0 Å². The monoisotopic (exact) mass is 365 g/mol. The number of benzene rings is 2. The summed E-state index contributed by atoms with van der Waals surface area (Å²) in [5.41, 5.74) is 3.20. The number of carbonyl (C=O) groups excluding carboxylic acids is 1. The third-order valence-corrected chi connectivity index (χ3v) is 5.33. The maximum Gasteiger partial charge on any atom is 0.237 e. The predicted octanol–water partition coefficient (Wildman–Crippen LogP) is 3.95. The van der Waals surface area contributed by atoms with E-state index in [1.54, 1.807) is 0 Å². The summed E-state index contributed by atoms with van der Waals surface area (Å²) in [4.78, 5) is 19.0. The van der Waals surface area contributed by atoms with E-state index in [9.17, 15) is 4.79 Å². The highest BCUT2D eigenvalue weighted by molar-refractivity contribution is 7.99. The quantitative estimate of drug-likeness (QED) is 0.685. The zero-order chi connectivity index (χ0) is 17.9. The lowest BCUT2D eigenvalue weighted by Gasteiger charge is -2.22. The van der Waals surface area contributed by atoms with Crippen LogP contribution >= 0.6 is 11.8 Å². The van der Waals surface area contributed by atoms with Gasteiger partial charge in [-0.15, -0.1) is 11.8 Å². The highest BCUT2D eigenvalue weighted by Crippen LogP contribution is 2.32. The Morgan fingerprint density at radius 2 is 1.96 bits per heavy atom. The molecule has 3 aromatic rings. The largest absolute Gasteiger partial charge is 0.338 e. The maximum atomic E-state index is 12.7. The third-order valence-electron chi connectivity index (χ3n) is 4.43. The van der Waals surface area contributed by atoms with E-state index in [4.69, 9.17) is 4.52 Å². The Morgan fingerprint density at radius 1 is 1.19 bits per heavy atom. The molecule has 0 saturated heterocycles. The number of para-hydroxylation sites is 1. The molecule has 6 heteroatoms. The van der Waals surface area contributed by atoms with Gasteiger partial charge in [0.25, 0.3) is 0 Å². The summed E-state index contributed by atoms with van der Waals surface area (Å²) in [6, 6.07) is 18.0. The molecule has 0 N–H and O–H groups in total. The third kappa shape index (κ3) is 3.37. The average Bonchev–Trinajstić information content (AvgIpc) is 3.26. The van der Waals surface area contributed by atoms with Crippen LogP contribution in [0.3, 0.4) is 0 Å². The van der Waals surface area contributed by atoms with Crippen molar-refractivity contribution in [3.8, 4) is 11.4 Å². The molecule has 26 heavy (non-hydrogen) atoms. The second-order valence-corrected chi connectivity index (χ2v) is 7.30. The summed E-state index contributed by atoms with van der Waals surface area (Å²) in [6.45, 7) is 2.09. The van der Waals surface area contributed by atoms with Crippen LogP contribution < -0.4 is 4.90 Å². The van der Waals surface area contributed by atoms with Crippen LogP contribution in [0.2, 0.25) is 0 Å². The molecule has 1 aliphatic rings. The van der Waals surface area contributed by atoms with Crippen LogP contribution in [-0.4, -0.2) is 27.8 Å². The van der Waals surface area contributed by atoms with E-state index in [-0.39, 0.29) is 11.9 Å². The molecule has 0 radical (unpaired) electrons. The molecule has 1 aromatic heterocycles. The molecule has 1 unspecified atom stereocenters. The van der Waals surface area contributed by atoms with Gasteiger partial charge in [0, 0.05) is 17.3 Å². The van der Waals surface area contributed by atoms with Gasteiger partial charge < -0.3 is 9.42 Å². The van der Waals surface area contributed by atoms with Gasteiger partial charge >= 0.3 is 0 Å². The lowest BCUT2D eigenvalue weighted by molar-refractivity contribution is -0.116. The highest BCUT2D eigenvalue weighted by Gasteiger charge is 2.30. The van der Waals surface area contributed by atoms with E-state index in [0.717, 1.165) is 17.7 Å². The smallest absolute Gasteiger partial charge is 0.237 e. The molecule has 0 aliphatic carbocycles. The van der Waals surface area contributed by atoms with Gasteiger partial charge in [0.2, 0.25) is 17.6 Å². The normalized spacial score (nSPS) is 15.9. The van der Waals surface area contributed by atoms with Gasteiger partial charge in [0.15, 0.2) is 0 Å². The Hall–Kier alpha value is -2.60. The number of nitrogens with zero attached hydrogens (tertiary/aromatic N) is 3. The van der Waals surface area contributed by atoms with Crippen molar-refractivity contribution in [1.82, 2.24) is 10.1 Å². The number of anilines is 1. The summed E-state index contributed by atoms with van der Waals surface area (Å²) in [7, 11) is 0. The summed E-state index contributed by atoms with van der Waals surface area (Å²) < 4.78 is 5.30. The van der Waals surface area contributed by atoms with Crippen LogP contribution in [0.15, 0.2) is 59.1 Å². The molecule has 2 heterocycles. The molecule has 2 aromatic carbocycles. The fraction of sp³-hybridized carbons (Fsp3) is 0.250. The number of amides is 1. The van der Waals surface area contributed by atoms with Gasteiger partial charge in [-0.25, -0.2) is 0 Å². The first-order valence-electron chi connectivity index (χ1n) is 8.58. The Bertz CT molecular complexity index is 910. The van der Waals surface area contributed by atoms with Gasteiger partial charge in [0.1, 0.15) is 0 Å². The molecule has 1 aliphatic heterocycles. The molecule has 4 rings (SSSR count). The van der Waals surface area contributed by atoms with Crippen LogP contribution in [0.25, 0.3) is 11.4 Å². The van der Waals surface area contributed by atoms with Crippen LogP contribution in [-0.2, 0) is 17.0 Å². The highest BCUT2D eigenvalue weighted by atomic mass is 32.2. The Morgan fingerprint density at radius 3 is 2.81 bits per heavy atom. The molecule has 0 bridgehead atoms. The molecular formula is C20H19N3O2S. The Balaban J connectivity index is 1.35.